The smallest absolute Gasteiger partial charge is 0.313 e. The topological polar surface area (TPSA) is 89.0 Å². The Morgan fingerprint density at radius 3 is 2.33 bits per heavy atom. The Balaban J connectivity index is 3.78. The first-order valence-electron chi connectivity index (χ1n) is 2.69. The zero-order chi connectivity index (χ0) is 9.35. The van der Waals surface area contributed by atoms with E-state index < -0.39 is 25.6 Å². The Kier molecular flexibility index (Phi) is 1.84. The Morgan fingerprint density at radius 1 is 1.42 bits per heavy atom. The van der Waals surface area contributed by atoms with Crippen molar-refractivity contribution in [2.75, 3.05) is 0 Å². The summed E-state index contributed by atoms with van der Waals surface area (Å²) < 4.78 is 32.0. The predicted octanol–water partition coefficient (Wildman–Crippen LogP) is -1.40. The highest BCUT2D eigenvalue weighted by Gasteiger charge is 2.15. The van der Waals surface area contributed by atoms with Crippen LogP contribution in [-0.4, -0.2) is 17.4 Å². The van der Waals surface area contributed by atoms with Gasteiger partial charge in [-0.1, -0.05) is 3.89 Å². The number of hydrogen-bond acceptors (Lipinski definition) is 4. The fourth-order valence-electron chi connectivity index (χ4n) is 0.617. The lowest BCUT2D eigenvalue weighted by atomic mass is 10.7. The van der Waals surface area contributed by atoms with Crippen molar-refractivity contribution in [3.8, 4) is 0 Å². The molecule has 0 unspecified atom stereocenters. The average molecular weight is 194 g/mol. The van der Waals surface area contributed by atoms with Gasteiger partial charge in [0.05, 0.1) is 0 Å². The highest BCUT2D eigenvalue weighted by atomic mass is 32.3. The van der Waals surface area contributed by atoms with E-state index in [-0.39, 0.29) is 0 Å². The highest BCUT2D eigenvalue weighted by molar-refractivity contribution is 7.84. The highest BCUT2D eigenvalue weighted by Crippen LogP contribution is 1.86. The van der Waals surface area contributed by atoms with Crippen molar-refractivity contribution in [3.63, 3.8) is 0 Å². The van der Waals surface area contributed by atoms with Crippen molar-refractivity contribution in [1.82, 2.24) is 8.96 Å². The number of nitrogens with zero attached hydrogens (tertiary/aromatic N) is 1. The minimum atomic E-state index is -5.30. The van der Waals surface area contributed by atoms with E-state index in [4.69, 9.17) is 0 Å². The first-order valence-corrected chi connectivity index (χ1v) is 4.03. The molecular formula is C4H3FN2O4S. The molecule has 8 heteroatoms. The van der Waals surface area contributed by atoms with E-state index >= 15 is 0 Å². The first kappa shape index (κ1) is 8.65. The van der Waals surface area contributed by atoms with Crippen LogP contribution in [0.25, 0.3) is 0 Å². The summed E-state index contributed by atoms with van der Waals surface area (Å²) in [7, 11) is -5.30. The van der Waals surface area contributed by atoms with Gasteiger partial charge in [-0.05, 0) is 0 Å². The predicted molar refractivity (Wildman–Crippen MR) is 36.7 cm³/mol. The number of nitrogens with one attached hydrogen (secondary N) is 1. The number of hydrogen-bond donors (Lipinski definition) is 1. The van der Waals surface area contributed by atoms with Gasteiger partial charge in [0.1, 0.15) is 0 Å². The third kappa shape index (κ3) is 1.42. The quantitative estimate of drug-likeness (QED) is 0.557. The fraction of sp³-hybridized carbons (Fsp3) is 0. The molecule has 1 aromatic rings. The molecule has 0 aromatic carbocycles. The Labute approximate surface area is 65.6 Å². The van der Waals surface area contributed by atoms with Crippen LogP contribution in [0.3, 0.4) is 0 Å². The molecule has 0 bridgehead atoms. The maximum Gasteiger partial charge on any atom is 0.410 e. The molecule has 1 heterocycles. The zero-order valence-corrected chi connectivity index (χ0v) is 6.34. The van der Waals surface area contributed by atoms with Crippen molar-refractivity contribution < 1.29 is 12.3 Å². The Hall–Kier alpha value is -1.44. The summed E-state index contributed by atoms with van der Waals surface area (Å²) in [5.74, 6) is 0. The van der Waals surface area contributed by atoms with Crippen LogP contribution in [0.15, 0.2) is 21.9 Å². The van der Waals surface area contributed by atoms with Gasteiger partial charge in [-0.25, -0.2) is 4.79 Å². The van der Waals surface area contributed by atoms with Crippen LogP contribution in [0.4, 0.5) is 3.89 Å². The van der Waals surface area contributed by atoms with Crippen LogP contribution in [0, 0.1) is 0 Å². The molecule has 0 spiro atoms. The maximum absolute atomic E-state index is 12.2. The number of aromatic nitrogens is 2. The van der Waals surface area contributed by atoms with Gasteiger partial charge in [-0.3, -0.25) is 4.79 Å². The van der Waals surface area contributed by atoms with Crippen LogP contribution in [0.5, 0.6) is 0 Å². The third-order valence-electron chi connectivity index (χ3n) is 1.04. The summed E-state index contributed by atoms with van der Waals surface area (Å²) in [6, 6.07) is 0.721. The van der Waals surface area contributed by atoms with E-state index in [1.165, 1.54) is 0 Å². The van der Waals surface area contributed by atoms with Crippen LogP contribution >= 0.6 is 0 Å². The van der Waals surface area contributed by atoms with Crippen molar-refractivity contribution >= 4 is 10.4 Å². The summed E-state index contributed by atoms with van der Waals surface area (Å²) in [6.07, 6.45) is 0.923. The van der Waals surface area contributed by atoms with Crippen molar-refractivity contribution in [2.45, 2.75) is 0 Å². The zero-order valence-electron chi connectivity index (χ0n) is 5.52. The minimum absolute atomic E-state index is 0.507. The molecular weight excluding hydrogens is 191 g/mol. The van der Waals surface area contributed by atoms with Crippen molar-refractivity contribution in [2.24, 2.45) is 0 Å². The average Bonchev–Trinajstić information content (AvgIpc) is 1.82. The SMILES string of the molecule is O=c1cc[nH]c(=O)n1S(=O)(=O)F. The second-order valence-corrected chi connectivity index (χ2v) is 3.02. The summed E-state index contributed by atoms with van der Waals surface area (Å²) in [6.45, 7) is 0. The second-order valence-electron chi connectivity index (χ2n) is 1.83. The van der Waals surface area contributed by atoms with Gasteiger partial charge < -0.3 is 4.98 Å². The normalized spacial score (nSPS) is 11.4. The van der Waals surface area contributed by atoms with Crippen molar-refractivity contribution in [1.29, 1.82) is 0 Å². The lowest BCUT2D eigenvalue weighted by Crippen LogP contribution is -2.37. The van der Waals surface area contributed by atoms with E-state index in [2.05, 4.69) is 0 Å². The van der Waals surface area contributed by atoms with Gasteiger partial charge in [0.2, 0.25) is 0 Å². The van der Waals surface area contributed by atoms with Crippen molar-refractivity contribution in [3.05, 3.63) is 33.1 Å². The van der Waals surface area contributed by atoms with E-state index in [0.29, 0.717) is 0 Å². The molecule has 0 saturated heterocycles. The molecule has 0 amide bonds. The molecule has 0 atom stereocenters. The number of aromatic amines is 1. The van der Waals surface area contributed by atoms with E-state index in [1.807, 2.05) is 4.98 Å². The molecule has 0 aliphatic rings. The minimum Gasteiger partial charge on any atom is -0.313 e. The molecule has 1 aromatic heterocycles. The van der Waals surface area contributed by atoms with Gasteiger partial charge in [0.25, 0.3) is 5.56 Å². The third-order valence-corrected chi connectivity index (χ3v) is 1.82. The molecule has 0 radical (unpaired) electrons. The van der Waals surface area contributed by atoms with Crippen LogP contribution in [-0.2, 0) is 10.4 Å². The fourth-order valence-corrected chi connectivity index (χ4v) is 1.14. The van der Waals surface area contributed by atoms with Crippen LogP contribution in [0.1, 0.15) is 0 Å². The maximum atomic E-state index is 12.2. The standard InChI is InChI=1S/C4H3FN2O4S/c5-12(10,11)7-3(8)1-2-6-4(7)9/h1-2H,(H,6,9). The van der Waals surface area contributed by atoms with Crippen LogP contribution in [0.2, 0.25) is 0 Å². The number of rotatable bonds is 1. The summed E-state index contributed by atoms with van der Waals surface area (Å²) in [4.78, 5) is 23.0. The van der Waals surface area contributed by atoms with Gasteiger partial charge in [0.15, 0.2) is 0 Å². The molecule has 0 fully saturated rings. The second kappa shape index (κ2) is 2.55. The van der Waals surface area contributed by atoms with Crippen LogP contribution < -0.4 is 11.2 Å². The monoisotopic (exact) mass is 194 g/mol. The molecule has 66 valence electrons. The van der Waals surface area contributed by atoms with Gasteiger partial charge in [-0.15, -0.1) is 3.97 Å². The lowest BCUT2D eigenvalue weighted by molar-refractivity contribution is 0.535. The molecule has 0 saturated carbocycles. The molecule has 1 rings (SSSR count). The summed E-state index contributed by atoms with van der Waals surface area (Å²) in [5, 5.41) is 0. The molecule has 1 N–H and O–H groups in total. The number of H-pyrrole nitrogens is 1. The van der Waals surface area contributed by atoms with E-state index in [9.17, 15) is 21.9 Å². The summed E-state index contributed by atoms with van der Waals surface area (Å²) >= 11 is 0. The molecule has 6 nitrogen and oxygen atoms in total. The Morgan fingerprint density at radius 2 is 2.00 bits per heavy atom. The summed E-state index contributed by atoms with van der Waals surface area (Å²) in [5.41, 5.74) is -2.56. The van der Waals surface area contributed by atoms with E-state index in [0.717, 1.165) is 12.3 Å². The van der Waals surface area contributed by atoms with E-state index in [1.54, 1.807) is 0 Å². The Bertz CT molecular complexity index is 470. The molecule has 12 heavy (non-hydrogen) atoms. The van der Waals surface area contributed by atoms with Gasteiger partial charge >= 0.3 is 16.1 Å². The largest absolute Gasteiger partial charge is 0.410 e. The number of halogens is 1. The first-order chi connectivity index (χ1) is 5.43. The lowest BCUT2D eigenvalue weighted by Gasteiger charge is -1.93. The van der Waals surface area contributed by atoms with Gasteiger partial charge in [-0.2, -0.15) is 8.42 Å². The van der Waals surface area contributed by atoms with Gasteiger partial charge in [0, 0.05) is 12.3 Å². The molecule has 0 aliphatic carbocycles. The molecule has 0 aliphatic heterocycles.